The zero-order chi connectivity index (χ0) is 21.6. The van der Waals surface area contributed by atoms with Crippen molar-refractivity contribution < 1.29 is 9.53 Å². The quantitative estimate of drug-likeness (QED) is 0.556. The number of amides is 1. The number of hydrogen-bond donors (Lipinski definition) is 3. The van der Waals surface area contributed by atoms with Gasteiger partial charge in [-0.05, 0) is 55.5 Å². The second-order valence-corrected chi connectivity index (χ2v) is 7.37. The highest BCUT2D eigenvalue weighted by molar-refractivity contribution is 5.88. The largest absolute Gasteiger partial charge is 0.378 e. The smallest absolute Gasteiger partial charge is 0.229 e. The molecule has 1 aliphatic heterocycles. The van der Waals surface area contributed by atoms with Gasteiger partial charge in [0.05, 0.1) is 13.2 Å². The molecule has 3 N–H and O–H groups in total. The summed E-state index contributed by atoms with van der Waals surface area (Å²) in [5.74, 6) is 1.12. The Labute approximate surface area is 181 Å². The molecular formula is C23H26N6O2. The second-order valence-electron chi connectivity index (χ2n) is 7.37. The second kappa shape index (κ2) is 9.44. The lowest BCUT2D eigenvalue weighted by atomic mass is 10.2. The molecule has 1 aromatic heterocycles. The van der Waals surface area contributed by atoms with Crippen LogP contribution in [-0.4, -0.2) is 42.2 Å². The number of ether oxygens (including phenoxy) is 1. The van der Waals surface area contributed by atoms with Crippen molar-refractivity contribution >= 4 is 40.4 Å². The first-order valence-corrected chi connectivity index (χ1v) is 10.3. The van der Waals surface area contributed by atoms with Crippen molar-refractivity contribution in [1.29, 1.82) is 0 Å². The van der Waals surface area contributed by atoms with E-state index in [1.807, 2.05) is 49.4 Å². The number of aryl methyl sites for hydroxylation is 1. The number of aromatic nitrogens is 2. The molecule has 0 saturated carbocycles. The van der Waals surface area contributed by atoms with Crippen LogP contribution >= 0.6 is 0 Å². The van der Waals surface area contributed by atoms with Crippen LogP contribution in [0.1, 0.15) is 12.6 Å². The van der Waals surface area contributed by atoms with Gasteiger partial charge in [-0.3, -0.25) is 4.79 Å². The van der Waals surface area contributed by atoms with E-state index in [2.05, 4.69) is 43.0 Å². The fourth-order valence-electron chi connectivity index (χ4n) is 3.38. The molecule has 0 bridgehead atoms. The molecule has 1 saturated heterocycles. The van der Waals surface area contributed by atoms with Gasteiger partial charge in [0, 0.05) is 54.5 Å². The van der Waals surface area contributed by atoms with Crippen LogP contribution in [0.3, 0.4) is 0 Å². The lowest BCUT2D eigenvalue weighted by molar-refractivity contribution is -0.114. The SMILES string of the molecule is CC(=O)Nc1ccc(Nc2cc(C)nc(Nc3ccc(N4CCOCC4)cc3)n2)cc1. The lowest BCUT2D eigenvalue weighted by Crippen LogP contribution is -2.36. The molecule has 2 heterocycles. The van der Waals surface area contributed by atoms with Crippen molar-refractivity contribution in [3.8, 4) is 0 Å². The number of benzene rings is 2. The molecule has 160 valence electrons. The summed E-state index contributed by atoms with van der Waals surface area (Å²) in [7, 11) is 0. The van der Waals surface area contributed by atoms with Crippen LogP contribution in [0, 0.1) is 6.92 Å². The van der Waals surface area contributed by atoms with Crippen LogP contribution in [-0.2, 0) is 9.53 Å². The standard InChI is InChI=1S/C23H26N6O2/c1-16-15-22(26-19-5-3-18(4-6-19)25-17(2)30)28-23(24-16)27-20-7-9-21(10-8-20)29-11-13-31-14-12-29/h3-10,15H,11-14H2,1-2H3,(H,25,30)(H2,24,26,27,28). The summed E-state index contributed by atoms with van der Waals surface area (Å²) in [5, 5.41) is 9.31. The van der Waals surface area contributed by atoms with Gasteiger partial charge in [0.15, 0.2) is 0 Å². The Morgan fingerprint density at radius 2 is 1.52 bits per heavy atom. The molecule has 0 atom stereocenters. The summed E-state index contributed by atoms with van der Waals surface area (Å²) in [6.07, 6.45) is 0. The van der Waals surface area contributed by atoms with Crippen LogP contribution < -0.4 is 20.9 Å². The molecule has 8 heteroatoms. The maximum Gasteiger partial charge on any atom is 0.229 e. The van der Waals surface area contributed by atoms with Gasteiger partial charge in [0.25, 0.3) is 0 Å². The van der Waals surface area contributed by atoms with Crippen LogP contribution in [0.4, 0.5) is 34.5 Å². The van der Waals surface area contributed by atoms with E-state index in [1.165, 1.54) is 12.6 Å². The van der Waals surface area contributed by atoms with E-state index in [0.717, 1.165) is 49.1 Å². The average molecular weight is 419 g/mol. The number of nitrogens with one attached hydrogen (secondary N) is 3. The summed E-state index contributed by atoms with van der Waals surface area (Å²) in [5.41, 5.74) is 4.57. The third kappa shape index (κ3) is 5.70. The van der Waals surface area contributed by atoms with Gasteiger partial charge in [-0.25, -0.2) is 4.98 Å². The highest BCUT2D eigenvalue weighted by atomic mass is 16.5. The normalized spacial score (nSPS) is 13.5. The first kappa shape index (κ1) is 20.6. The van der Waals surface area contributed by atoms with Crippen molar-refractivity contribution in [2.24, 2.45) is 0 Å². The minimum absolute atomic E-state index is 0.0965. The maximum atomic E-state index is 11.2. The van der Waals surface area contributed by atoms with Gasteiger partial charge >= 0.3 is 0 Å². The first-order valence-electron chi connectivity index (χ1n) is 10.3. The molecular weight excluding hydrogens is 392 g/mol. The van der Waals surface area contributed by atoms with Crippen LogP contribution in [0.25, 0.3) is 0 Å². The summed E-state index contributed by atoms with van der Waals surface area (Å²) in [4.78, 5) is 22.5. The van der Waals surface area contributed by atoms with Crippen LogP contribution in [0.2, 0.25) is 0 Å². The number of nitrogens with zero attached hydrogens (tertiary/aromatic N) is 3. The monoisotopic (exact) mass is 418 g/mol. The van der Waals surface area contributed by atoms with Gasteiger partial charge in [-0.15, -0.1) is 0 Å². The Hall–Kier alpha value is -3.65. The van der Waals surface area contributed by atoms with Gasteiger partial charge < -0.3 is 25.6 Å². The van der Waals surface area contributed by atoms with E-state index in [4.69, 9.17) is 4.74 Å². The molecule has 0 aliphatic carbocycles. The topological polar surface area (TPSA) is 91.4 Å². The highest BCUT2D eigenvalue weighted by Crippen LogP contribution is 2.23. The molecule has 1 amide bonds. The molecule has 8 nitrogen and oxygen atoms in total. The Balaban J connectivity index is 1.43. The van der Waals surface area contributed by atoms with E-state index < -0.39 is 0 Å². The third-order valence-electron chi connectivity index (χ3n) is 4.83. The Bertz CT molecular complexity index is 1030. The Morgan fingerprint density at radius 1 is 0.903 bits per heavy atom. The van der Waals surface area contributed by atoms with E-state index in [9.17, 15) is 4.79 Å². The van der Waals surface area contributed by atoms with Crippen molar-refractivity contribution in [2.45, 2.75) is 13.8 Å². The van der Waals surface area contributed by atoms with E-state index in [0.29, 0.717) is 11.8 Å². The predicted octanol–water partition coefficient (Wildman–Crippen LogP) is 4.07. The highest BCUT2D eigenvalue weighted by Gasteiger charge is 2.11. The summed E-state index contributed by atoms with van der Waals surface area (Å²) in [6, 6.07) is 17.6. The average Bonchev–Trinajstić information content (AvgIpc) is 2.76. The third-order valence-corrected chi connectivity index (χ3v) is 4.83. The molecule has 4 rings (SSSR count). The molecule has 1 aliphatic rings. The lowest BCUT2D eigenvalue weighted by Gasteiger charge is -2.28. The molecule has 3 aromatic rings. The summed E-state index contributed by atoms with van der Waals surface area (Å²) >= 11 is 0. The predicted molar refractivity (Wildman–Crippen MR) is 124 cm³/mol. The Morgan fingerprint density at radius 3 is 2.19 bits per heavy atom. The molecule has 0 unspecified atom stereocenters. The van der Waals surface area contributed by atoms with Crippen LogP contribution in [0.5, 0.6) is 0 Å². The van der Waals surface area contributed by atoms with Gasteiger partial charge in [-0.1, -0.05) is 0 Å². The van der Waals surface area contributed by atoms with Gasteiger partial charge in [-0.2, -0.15) is 4.98 Å². The minimum atomic E-state index is -0.0965. The number of morpholine rings is 1. The van der Waals surface area contributed by atoms with Crippen molar-refractivity contribution in [1.82, 2.24) is 9.97 Å². The number of carbonyl (C=O) groups excluding carboxylic acids is 1. The van der Waals surface area contributed by atoms with E-state index in [1.54, 1.807) is 0 Å². The zero-order valence-electron chi connectivity index (χ0n) is 17.7. The molecule has 0 spiro atoms. The maximum absolute atomic E-state index is 11.2. The van der Waals surface area contributed by atoms with Crippen LogP contribution in [0.15, 0.2) is 54.6 Å². The number of rotatable bonds is 6. The van der Waals surface area contributed by atoms with E-state index >= 15 is 0 Å². The van der Waals surface area contributed by atoms with Crippen molar-refractivity contribution in [3.05, 3.63) is 60.3 Å². The number of carbonyl (C=O) groups is 1. The van der Waals surface area contributed by atoms with Gasteiger partial charge in [0.1, 0.15) is 5.82 Å². The van der Waals surface area contributed by atoms with E-state index in [-0.39, 0.29) is 5.91 Å². The number of anilines is 6. The fraction of sp³-hybridized carbons (Fsp3) is 0.261. The molecule has 1 fully saturated rings. The molecule has 0 radical (unpaired) electrons. The van der Waals surface area contributed by atoms with Crippen molar-refractivity contribution in [3.63, 3.8) is 0 Å². The fourth-order valence-corrected chi connectivity index (χ4v) is 3.38. The summed E-state index contributed by atoms with van der Waals surface area (Å²) < 4.78 is 5.42. The van der Waals surface area contributed by atoms with Crippen molar-refractivity contribution in [2.75, 3.05) is 47.2 Å². The number of hydrogen-bond acceptors (Lipinski definition) is 7. The molecule has 31 heavy (non-hydrogen) atoms. The molecule has 2 aromatic carbocycles. The first-order chi connectivity index (χ1) is 15.0. The zero-order valence-corrected chi connectivity index (χ0v) is 17.7. The minimum Gasteiger partial charge on any atom is -0.378 e. The Kier molecular flexibility index (Phi) is 6.28. The van der Waals surface area contributed by atoms with Gasteiger partial charge in [0.2, 0.25) is 11.9 Å². The summed E-state index contributed by atoms with van der Waals surface area (Å²) in [6.45, 7) is 6.77.